The minimum atomic E-state index is -0.0837. The number of nitrogens with one attached hydrogen (secondary N) is 1. The minimum absolute atomic E-state index is 0.0837. The third-order valence-electron chi connectivity index (χ3n) is 4.43. The van der Waals surface area contributed by atoms with Gasteiger partial charge in [0.15, 0.2) is 5.75 Å². The van der Waals surface area contributed by atoms with Gasteiger partial charge in [0.05, 0.1) is 17.9 Å². The van der Waals surface area contributed by atoms with Crippen molar-refractivity contribution in [1.29, 1.82) is 0 Å². The van der Waals surface area contributed by atoms with Crippen molar-refractivity contribution in [3.05, 3.63) is 63.1 Å². The lowest BCUT2D eigenvalue weighted by Crippen LogP contribution is -2.12. The van der Waals surface area contributed by atoms with Crippen LogP contribution in [0.2, 0.25) is 0 Å². The van der Waals surface area contributed by atoms with Gasteiger partial charge in [0, 0.05) is 29.3 Å². The van der Waals surface area contributed by atoms with E-state index in [1.54, 1.807) is 6.20 Å². The lowest BCUT2D eigenvalue weighted by molar-refractivity contribution is 0.278. The van der Waals surface area contributed by atoms with Crippen molar-refractivity contribution in [3.8, 4) is 23.0 Å². The van der Waals surface area contributed by atoms with E-state index in [-0.39, 0.29) is 6.61 Å². The number of nitrogens with zero attached hydrogens (tertiary/aromatic N) is 2. The predicted molar refractivity (Wildman–Crippen MR) is 97.4 cm³/mol. The van der Waals surface area contributed by atoms with Gasteiger partial charge in [-0.15, -0.1) is 0 Å². The van der Waals surface area contributed by atoms with Crippen LogP contribution in [0.1, 0.15) is 27.9 Å². The molecule has 0 saturated heterocycles. The molecule has 126 valence electrons. The lowest BCUT2D eigenvalue weighted by Gasteiger charge is -2.23. The first kappa shape index (κ1) is 15.9. The Balaban J connectivity index is 1.84. The van der Waals surface area contributed by atoms with Crippen LogP contribution in [0.15, 0.2) is 30.5 Å². The Morgan fingerprint density at radius 2 is 1.96 bits per heavy atom. The first-order chi connectivity index (χ1) is 12.1. The molecule has 2 N–H and O–H groups in total. The number of rotatable bonds is 2. The molecule has 0 amide bonds. The van der Waals surface area contributed by atoms with Crippen LogP contribution in [0, 0.1) is 18.5 Å². The van der Waals surface area contributed by atoms with E-state index in [9.17, 15) is 5.11 Å². The van der Waals surface area contributed by atoms with E-state index >= 15 is 0 Å². The number of ether oxygens (including phenoxy) is 1. The zero-order valence-electron chi connectivity index (χ0n) is 14.0. The molecule has 3 aromatic rings. The van der Waals surface area contributed by atoms with E-state index in [1.165, 1.54) is 5.56 Å². The highest BCUT2D eigenvalue weighted by Gasteiger charge is 2.25. The Morgan fingerprint density at radius 3 is 2.68 bits per heavy atom. The van der Waals surface area contributed by atoms with Gasteiger partial charge in [0.25, 0.3) is 0 Å². The SMILES string of the molecule is Cc1ccc(-c2nc(=S)c3c([nH]2)Oc2c(C)ncc(CO)c2C3)cc1. The number of hydrogen-bond acceptors (Lipinski definition) is 5. The number of aryl methyl sites for hydroxylation is 2. The van der Waals surface area contributed by atoms with Crippen LogP contribution < -0.4 is 4.74 Å². The van der Waals surface area contributed by atoms with Crippen LogP contribution in [-0.2, 0) is 13.0 Å². The van der Waals surface area contributed by atoms with E-state index in [0.717, 1.165) is 27.9 Å². The number of H-pyrrole nitrogens is 1. The number of aliphatic hydroxyl groups is 1. The summed E-state index contributed by atoms with van der Waals surface area (Å²) in [6, 6.07) is 8.07. The number of hydrogen-bond donors (Lipinski definition) is 2. The maximum Gasteiger partial charge on any atom is 0.205 e. The molecule has 6 heteroatoms. The average molecular weight is 351 g/mol. The van der Waals surface area contributed by atoms with Crippen LogP contribution in [0.5, 0.6) is 11.6 Å². The third-order valence-corrected chi connectivity index (χ3v) is 4.77. The molecule has 0 atom stereocenters. The maximum absolute atomic E-state index is 9.57. The largest absolute Gasteiger partial charge is 0.438 e. The number of aliphatic hydroxyl groups excluding tert-OH is 1. The van der Waals surface area contributed by atoms with Gasteiger partial charge < -0.3 is 14.8 Å². The van der Waals surface area contributed by atoms with E-state index < -0.39 is 0 Å². The van der Waals surface area contributed by atoms with Crippen LogP contribution >= 0.6 is 12.2 Å². The molecular weight excluding hydrogens is 334 g/mol. The molecule has 5 nitrogen and oxygen atoms in total. The molecule has 1 aliphatic rings. The summed E-state index contributed by atoms with van der Waals surface area (Å²) < 4.78 is 6.59. The summed E-state index contributed by atoms with van der Waals surface area (Å²) in [6.45, 7) is 3.85. The van der Waals surface area contributed by atoms with Crippen molar-refractivity contribution in [2.24, 2.45) is 0 Å². The Kier molecular flexibility index (Phi) is 3.86. The normalized spacial score (nSPS) is 12.3. The Bertz CT molecular complexity index is 1030. The van der Waals surface area contributed by atoms with Crippen molar-refractivity contribution >= 4 is 12.2 Å². The Labute approximate surface area is 150 Å². The van der Waals surface area contributed by atoms with Crippen LogP contribution in [0.4, 0.5) is 0 Å². The van der Waals surface area contributed by atoms with E-state index in [0.29, 0.717) is 28.5 Å². The molecular formula is C19H17N3O2S. The lowest BCUT2D eigenvalue weighted by atomic mass is 9.99. The van der Waals surface area contributed by atoms with Gasteiger partial charge in [-0.3, -0.25) is 4.98 Å². The molecule has 0 aliphatic carbocycles. The standard InChI is InChI=1S/C19H17N3O2S/c1-10-3-5-12(6-4-10)17-21-18-15(19(25)22-17)7-14-13(9-23)8-20-11(2)16(14)24-18/h3-6,8,23H,7,9H2,1-2H3,(H,21,22,25). The second-order valence-corrected chi connectivity index (χ2v) is 6.56. The van der Waals surface area contributed by atoms with Crippen molar-refractivity contribution in [2.75, 3.05) is 0 Å². The summed E-state index contributed by atoms with van der Waals surface area (Å²) >= 11 is 5.50. The van der Waals surface area contributed by atoms with Gasteiger partial charge in [-0.05, 0) is 13.8 Å². The molecule has 1 aliphatic heterocycles. The highest BCUT2D eigenvalue weighted by Crippen LogP contribution is 2.39. The Hall–Kier alpha value is -2.57. The van der Waals surface area contributed by atoms with Gasteiger partial charge in [-0.25, -0.2) is 4.98 Å². The fourth-order valence-corrected chi connectivity index (χ4v) is 3.24. The molecule has 2 aromatic heterocycles. The fraction of sp³-hybridized carbons (Fsp3) is 0.211. The van der Waals surface area contributed by atoms with Crippen molar-refractivity contribution in [1.82, 2.24) is 15.0 Å². The van der Waals surface area contributed by atoms with Crippen LogP contribution in [-0.4, -0.2) is 20.1 Å². The van der Waals surface area contributed by atoms with Gasteiger partial charge in [0.2, 0.25) is 5.88 Å². The van der Waals surface area contributed by atoms with E-state index in [2.05, 4.69) is 15.0 Å². The third kappa shape index (κ3) is 2.73. The smallest absolute Gasteiger partial charge is 0.205 e. The number of fused-ring (bicyclic) bond motifs is 2. The van der Waals surface area contributed by atoms with Gasteiger partial charge in [-0.1, -0.05) is 42.0 Å². The molecule has 4 rings (SSSR count). The molecule has 0 saturated carbocycles. The quantitative estimate of drug-likeness (QED) is 0.534. The number of aromatic amines is 1. The Morgan fingerprint density at radius 1 is 1.20 bits per heavy atom. The number of benzene rings is 1. The zero-order valence-corrected chi connectivity index (χ0v) is 14.8. The van der Waals surface area contributed by atoms with Crippen LogP contribution in [0.3, 0.4) is 0 Å². The second-order valence-electron chi connectivity index (χ2n) is 6.18. The van der Waals surface area contributed by atoms with Gasteiger partial charge in [-0.2, -0.15) is 0 Å². The maximum atomic E-state index is 9.57. The van der Waals surface area contributed by atoms with Crippen molar-refractivity contribution in [2.45, 2.75) is 26.9 Å². The molecule has 0 radical (unpaired) electrons. The topological polar surface area (TPSA) is 71.0 Å². The first-order valence-corrected chi connectivity index (χ1v) is 8.44. The molecule has 0 bridgehead atoms. The fourth-order valence-electron chi connectivity index (χ4n) is 2.99. The highest BCUT2D eigenvalue weighted by atomic mass is 32.1. The zero-order chi connectivity index (χ0) is 17.6. The summed E-state index contributed by atoms with van der Waals surface area (Å²) in [5.74, 6) is 1.96. The van der Waals surface area contributed by atoms with Crippen molar-refractivity contribution < 1.29 is 9.84 Å². The monoisotopic (exact) mass is 351 g/mol. The summed E-state index contributed by atoms with van der Waals surface area (Å²) in [5.41, 5.74) is 5.43. The molecule has 0 fully saturated rings. The van der Waals surface area contributed by atoms with E-state index in [4.69, 9.17) is 17.0 Å². The number of pyridine rings is 1. The summed E-state index contributed by atoms with van der Waals surface area (Å²) in [4.78, 5) is 12.1. The molecule has 1 aromatic carbocycles. The first-order valence-electron chi connectivity index (χ1n) is 8.03. The molecule has 25 heavy (non-hydrogen) atoms. The second kappa shape index (κ2) is 6.06. The van der Waals surface area contributed by atoms with E-state index in [1.807, 2.05) is 38.1 Å². The molecule has 0 spiro atoms. The molecule has 3 heterocycles. The molecule has 0 unspecified atom stereocenters. The summed E-state index contributed by atoms with van der Waals surface area (Å²) in [7, 11) is 0. The van der Waals surface area contributed by atoms with Gasteiger partial charge in [0.1, 0.15) is 10.5 Å². The summed E-state index contributed by atoms with van der Waals surface area (Å²) in [6.07, 6.45) is 2.25. The minimum Gasteiger partial charge on any atom is -0.438 e. The predicted octanol–water partition coefficient (Wildman–Crippen LogP) is 4.01. The summed E-state index contributed by atoms with van der Waals surface area (Å²) in [5, 5.41) is 9.57. The highest BCUT2D eigenvalue weighted by molar-refractivity contribution is 7.71. The van der Waals surface area contributed by atoms with Crippen molar-refractivity contribution in [3.63, 3.8) is 0 Å². The van der Waals surface area contributed by atoms with Gasteiger partial charge >= 0.3 is 0 Å². The number of aromatic nitrogens is 3. The average Bonchev–Trinajstić information content (AvgIpc) is 2.62. The van der Waals surface area contributed by atoms with Crippen LogP contribution in [0.25, 0.3) is 11.4 Å².